The van der Waals surface area contributed by atoms with Gasteiger partial charge in [-0.2, -0.15) is 0 Å². The van der Waals surface area contributed by atoms with Crippen molar-refractivity contribution < 1.29 is 0 Å². The Kier molecular flexibility index (Phi) is 7.51. The van der Waals surface area contributed by atoms with Gasteiger partial charge in [-0.25, -0.2) is 0 Å². The molecule has 2 atom stereocenters. The highest BCUT2D eigenvalue weighted by atomic mass is 14.7. The molecule has 0 bridgehead atoms. The standard InChI is InChI=1S/C10H24N2/c1-3-4-5-6-7-10(12)8-9(2)11/h9-10H,3-8,11-12H2,1-2H3. The average Bonchev–Trinajstić information content (AvgIpc) is 1.97. The van der Waals surface area contributed by atoms with Crippen LogP contribution in [0.3, 0.4) is 0 Å². The number of hydrogen-bond acceptors (Lipinski definition) is 2. The Morgan fingerprint density at radius 3 is 2.25 bits per heavy atom. The minimum Gasteiger partial charge on any atom is -0.328 e. The van der Waals surface area contributed by atoms with E-state index in [0.29, 0.717) is 6.04 Å². The summed E-state index contributed by atoms with van der Waals surface area (Å²) in [5.41, 5.74) is 11.5. The van der Waals surface area contributed by atoms with Gasteiger partial charge in [0.15, 0.2) is 0 Å². The molecule has 0 saturated heterocycles. The van der Waals surface area contributed by atoms with E-state index < -0.39 is 0 Å². The van der Waals surface area contributed by atoms with E-state index in [1.165, 1.54) is 25.7 Å². The lowest BCUT2D eigenvalue weighted by atomic mass is 10.0. The molecular weight excluding hydrogens is 148 g/mol. The molecule has 2 nitrogen and oxygen atoms in total. The maximum absolute atomic E-state index is 5.88. The minimum absolute atomic E-state index is 0.256. The maximum atomic E-state index is 5.88. The summed E-state index contributed by atoms with van der Waals surface area (Å²) in [5, 5.41) is 0. The van der Waals surface area contributed by atoms with Crippen LogP contribution in [0.4, 0.5) is 0 Å². The van der Waals surface area contributed by atoms with E-state index in [1.54, 1.807) is 0 Å². The van der Waals surface area contributed by atoms with Crippen LogP contribution in [0.25, 0.3) is 0 Å². The van der Waals surface area contributed by atoms with Crippen molar-refractivity contribution in [1.29, 1.82) is 0 Å². The van der Waals surface area contributed by atoms with Crippen molar-refractivity contribution in [3.05, 3.63) is 0 Å². The van der Waals surface area contributed by atoms with E-state index in [9.17, 15) is 0 Å². The van der Waals surface area contributed by atoms with Crippen molar-refractivity contribution >= 4 is 0 Å². The van der Waals surface area contributed by atoms with Crippen LogP contribution >= 0.6 is 0 Å². The van der Waals surface area contributed by atoms with Crippen molar-refractivity contribution in [2.24, 2.45) is 11.5 Å². The summed E-state index contributed by atoms with van der Waals surface area (Å²) < 4.78 is 0. The topological polar surface area (TPSA) is 52.0 Å². The van der Waals surface area contributed by atoms with Crippen molar-refractivity contribution in [3.8, 4) is 0 Å². The van der Waals surface area contributed by atoms with Gasteiger partial charge >= 0.3 is 0 Å². The molecule has 0 aromatic carbocycles. The van der Waals surface area contributed by atoms with Gasteiger partial charge in [-0.3, -0.25) is 0 Å². The van der Waals surface area contributed by atoms with E-state index in [-0.39, 0.29) is 6.04 Å². The Labute approximate surface area is 76.7 Å². The van der Waals surface area contributed by atoms with Crippen LogP contribution in [-0.4, -0.2) is 12.1 Å². The third kappa shape index (κ3) is 8.02. The van der Waals surface area contributed by atoms with Gasteiger partial charge in [0, 0.05) is 12.1 Å². The molecule has 0 saturated carbocycles. The van der Waals surface area contributed by atoms with Crippen LogP contribution in [0.2, 0.25) is 0 Å². The second-order valence-corrected chi connectivity index (χ2v) is 3.82. The van der Waals surface area contributed by atoms with E-state index >= 15 is 0 Å². The van der Waals surface area contributed by atoms with Crippen molar-refractivity contribution in [3.63, 3.8) is 0 Å². The minimum atomic E-state index is 0.256. The van der Waals surface area contributed by atoms with Crippen molar-refractivity contribution in [1.82, 2.24) is 0 Å². The smallest absolute Gasteiger partial charge is 0.00534 e. The van der Waals surface area contributed by atoms with Crippen LogP contribution in [0.15, 0.2) is 0 Å². The monoisotopic (exact) mass is 172 g/mol. The predicted octanol–water partition coefficient (Wildman–Crippen LogP) is 2.02. The lowest BCUT2D eigenvalue weighted by Crippen LogP contribution is -2.29. The van der Waals surface area contributed by atoms with Crippen molar-refractivity contribution in [2.45, 2.75) is 64.5 Å². The first-order valence-electron chi connectivity index (χ1n) is 5.18. The fourth-order valence-electron chi connectivity index (χ4n) is 1.43. The van der Waals surface area contributed by atoms with E-state index in [4.69, 9.17) is 11.5 Å². The van der Waals surface area contributed by atoms with Crippen molar-refractivity contribution in [2.75, 3.05) is 0 Å². The highest BCUT2D eigenvalue weighted by Gasteiger charge is 2.04. The normalized spacial score (nSPS) is 16.0. The highest BCUT2D eigenvalue weighted by molar-refractivity contribution is 4.66. The Bertz CT molecular complexity index is 91.8. The first kappa shape index (κ1) is 11.9. The zero-order valence-corrected chi connectivity index (χ0v) is 8.55. The summed E-state index contributed by atoms with van der Waals surface area (Å²) in [7, 11) is 0. The zero-order chi connectivity index (χ0) is 9.40. The highest BCUT2D eigenvalue weighted by Crippen LogP contribution is 2.07. The predicted molar refractivity (Wildman–Crippen MR) is 55.0 cm³/mol. The molecular formula is C10H24N2. The van der Waals surface area contributed by atoms with Gasteiger partial charge in [-0.05, 0) is 19.8 Å². The third-order valence-corrected chi connectivity index (χ3v) is 2.10. The quantitative estimate of drug-likeness (QED) is 0.577. The number of rotatable bonds is 7. The van der Waals surface area contributed by atoms with Crippen LogP contribution in [0.1, 0.15) is 52.4 Å². The second kappa shape index (κ2) is 7.56. The molecule has 74 valence electrons. The Hall–Kier alpha value is -0.0800. The lowest BCUT2D eigenvalue weighted by molar-refractivity contribution is 0.488. The molecule has 0 aliphatic rings. The summed E-state index contributed by atoms with van der Waals surface area (Å²) in [5.74, 6) is 0. The molecule has 0 aromatic rings. The first-order valence-corrected chi connectivity index (χ1v) is 5.18. The van der Waals surface area contributed by atoms with Crippen LogP contribution in [-0.2, 0) is 0 Å². The summed E-state index contributed by atoms with van der Waals surface area (Å²) in [6, 6.07) is 0.577. The molecule has 2 unspecified atom stereocenters. The van der Waals surface area contributed by atoms with Gasteiger partial charge in [-0.15, -0.1) is 0 Å². The molecule has 0 fully saturated rings. The molecule has 4 N–H and O–H groups in total. The SMILES string of the molecule is CCCCCCC(N)CC(C)N. The second-order valence-electron chi connectivity index (χ2n) is 3.82. The fourth-order valence-corrected chi connectivity index (χ4v) is 1.43. The molecule has 0 spiro atoms. The van der Waals surface area contributed by atoms with Gasteiger partial charge < -0.3 is 11.5 Å². The number of unbranched alkanes of at least 4 members (excludes halogenated alkanes) is 3. The number of hydrogen-bond donors (Lipinski definition) is 2. The summed E-state index contributed by atoms with van der Waals surface area (Å²) >= 11 is 0. The van der Waals surface area contributed by atoms with Crippen LogP contribution < -0.4 is 11.5 Å². The van der Waals surface area contributed by atoms with E-state index in [0.717, 1.165) is 12.8 Å². The molecule has 0 heterocycles. The van der Waals surface area contributed by atoms with Gasteiger partial charge in [0.25, 0.3) is 0 Å². The Morgan fingerprint density at radius 2 is 1.75 bits per heavy atom. The maximum Gasteiger partial charge on any atom is 0.00534 e. The fraction of sp³-hybridized carbons (Fsp3) is 1.00. The summed E-state index contributed by atoms with van der Waals surface area (Å²) in [6.45, 7) is 4.24. The molecule has 0 aliphatic carbocycles. The largest absolute Gasteiger partial charge is 0.328 e. The van der Waals surface area contributed by atoms with E-state index in [2.05, 4.69) is 6.92 Å². The number of nitrogens with two attached hydrogens (primary N) is 2. The van der Waals surface area contributed by atoms with Gasteiger partial charge in [0.1, 0.15) is 0 Å². The lowest BCUT2D eigenvalue weighted by Gasteiger charge is -2.13. The van der Waals surface area contributed by atoms with Crippen LogP contribution in [0.5, 0.6) is 0 Å². The zero-order valence-electron chi connectivity index (χ0n) is 8.55. The molecule has 0 rings (SSSR count). The molecule has 2 heteroatoms. The Balaban J connectivity index is 3.14. The Morgan fingerprint density at radius 1 is 1.08 bits per heavy atom. The van der Waals surface area contributed by atoms with Gasteiger partial charge in [-0.1, -0.05) is 32.6 Å². The molecule has 12 heavy (non-hydrogen) atoms. The average molecular weight is 172 g/mol. The van der Waals surface area contributed by atoms with Crippen LogP contribution in [0, 0.1) is 0 Å². The van der Waals surface area contributed by atoms with Gasteiger partial charge in [0.2, 0.25) is 0 Å². The summed E-state index contributed by atoms with van der Waals surface area (Å²) in [4.78, 5) is 0. The molecule has 0 aliphatic heterocycles. The third-order valence-electron chi connectivity index (χ3n) is 2.10. The molecule has 0 amide bonds. The summed E-state index contributed by atoms with van der Waals surface area (Å²) in [6.07, 6.45) is 7.33. The van der Waals surface area contributed by atoms with Gasteiger partial charge in [0.05, 0.1) is 0 Å². The van der Waals surface area contributed by atoms with E-state index in [1.807, 2.05) is 6.92 Å². The first-order chi connectivity index (χ1) is 5.66. The molecule has 0 aromatic heterocycles. The molecule has 0 radical (unpaired) electrons.